The Morgan fingerprint density at radius 2 is 1.14 bits per heavy atom. The first-order valence-corrected chi connectivity index (χ1v) is 24.6. The molecule has 0 spiro atoms. The fraction of sp³-hybridized carbons (Fsp3) is 0.590. The lowest BCUT2D eigenvalue weighted by Crippen LogP contribution is -2.52. The molecule has 2 heterocycles. The number of carboxylic acid groups (broad SMARTS) is 6. The quantitative estimate of drug-likeness (QED) is 0.0282. The fourth-order valence-electron chi connectivity index (χ4n) is 7.52. The number of nitrogens with one attached hydrogen (secondary N) is 2. The van der Waals surface area contributed by atoms with Gasteiger partial charge in [0.2, 0.25) is 0 Å². The first kappa shape index (κ1) is 60.4. The van der Waals surface area contributed by atoms with Gasteiger partial charge in [-0.3, -0.25) is 71.8 Å². The van der Waals surface area contributed by atoms with Crippen molar-refractivity contribution in [1.29, 1.82) is 0 Å². The van der Waals surface area contributed by atoms with Gasteiger partial charge in [0.15, 0.2) is 5.11 Å². The van der Waals surface area contributed by atoms with E-state index in [1.165, 1.54) is 36.7 Å². The molecule has 1 aromatic heterocycles. The SMILES string of the molecule is O=C(O)CN1CCN(CC(=O)O)CCN(CC(=O)O)CCN(CC(=O)O)C(Cc2ccc(NC(=S)NCCc3cn(CC(O)(OP(O)O)O[PH](=O)O)cn3)cc2)CN(CC(=O)O)CCN(CC(=O)O)CC1. The maximum atomic E-state index is 12.4. The van der Waals surface area contributed by atoms with Crippen LogP contribution >= 0.6 is 29.1 Å². The molecule has 12 N–H and O–H groups in total. The highest BCUT2D eigenvalue weighted by Gasteiger charge is 2.36. The van der Waals surface area contributed by atoms with Crippen LogP contribution in [0.4, 0.5) is 5.69 Å². The molecule has 0 radical (unpaired) electrons. The Labute approximate surface area is 414 Å². The molecule has 3 unspecified atom stereocenters. The maximum absolute atomic E-state index is 12.4. The molecule has 32 heteroatoms. The van der Waals surface area contributed by atoms with Crippen molar-refractivity contribution in [3.05, 3.63) is 48.0 Å². The number of aliphatic carboxylic acids is 6. The highest BCUT2D eigenvalue weighted by molar-refractivity contribution is 7.80. The Morgan fingerprint density at radius 3 is 1.58 bits per heavy atom. The van der Waals surface area contributed by atoms with Crippen LogP contribution in [0.1, 0.15) is 11.3 Å². The van der Waals surface area contributed by atoms with Crippen molar-refractivity contribution < 1.29 is 92.8 Å². The lowest BCUT2D eigenvalue weighted by atomic mass is 10.0. The second-order valence-electron chi connectivity index (χ2n) is 16.3. The Bertz CT molecular complexity index is 2100. The third-order valence-corrected chi connectivity index (χ3v) is 11.8. The number of aliphatic hydroxyl groups is 1. The van der Waals surface area contributed by atoms with Crippen LogP contribution in [-0.2, 0) is 61.8 Å². The first-order chi connectivity index (χ1) is 33.4. The molecule has 2 aromatic rings. The van der Waals surface area contributed by atoms with E-state index in [4.69, 9.17) is 26.9 Å². The van der Waals surface area contributed by atoms with Crippen molar-refractivity contribution in [2.24, 2.45) is 0 Å². The Balaban J connectivity index is 1.86. The highest BCUT2D eigenvalue weighted by atomic mass is 32.1. The number of rotatable bonds is 24. The molecule has 3 atom stereocenters. The second kappa shape index (κ2) is 30.9. The van der Waals surface area contributed by atoms with Crippen LogP contribution in [0.3, 0.4) is 0 Å². The zero-order chi connectivity index (χ0) is 52.7. The zero-order valence-corrected chi connectivity index (χ0v) is 41.2. The van der Waals surface area contributed by atoms with Gasteiger partial charge >= 0.3 is 58.6 Å². The topological polar surface area (TPSA) is 402 Å². The molecular formula is C39H62N10O19P2S. The number of aromatic nitrogens is 2. The summed E-state index contributed by atoms with van der Waals surface area (Å²) in [5.74, 6) is -10.0. The van der Waals surface area contributed by atoms with Gasteiger partial charge in [-0.1, -0.05) is 12.1 Å². The first-order valence-electron chi connectivity index (χ1n) is 21.8. The van der Waals surface area contributed by atoms with Gasteiger partial charge in [0.1, 0.15) is 6.54 Å². The number of nitrogens with zero attached hydrogens (tertiary/aromatic N) is 8. The predicted molar refractivity (Wildman–Crippen MR) is 253 cm³/mol. The number of benzene rings is 1. The number of anilines is 1. The molecular weight excluding hydrogens is 1010 g/mol. The Kier molecular flexibility index (Phi) is 26.3. The molecule has 3 rings (SSSR count). The number of hydrogen-bond acceptors (Lipinski definition) is 20. The standard InChI is InChI=1S/C39H62N10O19P2S/c50-32(51)20-43-7-8-44(21-33(52)53)11-12-46(23-35(56)57)15-16-49(25-37(60)61)31(19-47(24-36(58)59)14-13-45(10-9-43)22-34(54)55)17-28-1-3-29(4-2-28)42-38(71)40-6-5-30-18-48(27-41-30)26-39(62,67-69(63)64)68-70(65)66/h1-4,18,27,31,62-64,70H,5-17,19-26H2,(H,50,51)(H,52,53)(H,54,55)(H,56,57)(H,58,59)(H,60,61)(H,65,66)(H2,40,42,71). The van der Waals surface area contributed by atoms with E-state index in [2.05, 4.69) is 24.7 Å². The molecule has 29 nitrogen and oxygen atoms in total. The maximum Gasteiger partial charge on any atom is 0.331 e. The number of hydrogen-bond donors (Lipinski definition) is 12. The van der Waals surface area contributed by atoms with Gasteiger partial charge in [-0.2, -0.15) is 0 Å². The summed E-state index contributed by atoms with van der Waals surface area (Å²) in [5, 5.41) is 75.5. The lowest BCUT2D eigenvalue weighted by molar-refractivity contribution is -0.283. The normalized spacial score (nSPS) is 18.7. The lowest BCUT2D eigenvalue weighted by Gasteiger charge is -2.37. The van der Waals surface area contributed by atoms with Crippen LogP contribution in [0, 0.1) is 0 Å². The van der Waals surface area contributed by atoms with E-state index in [0.717, 1.165) is 0 Å². The van der Waals surface area contributed by atoms with Gasteiger partial charge in [0, 0.05) is 103 Å². The van der Waals surface area contributed by atoms with E-state index in [-0.39, 0.29) is 90.1 Å². The average molecular weight is 1070 g/mol. The molecule has 0 bridgehead atoms. The van der Waals surface area contributed by atoms with Crippen molar-refractivity contribution in [2.45, 2.75) is 31.4 Å². The van der Waals surface area contributed by atoms with Gasteiger partial charge in [-0.15, -0.1) is 0 Å². The smallest absolute Gasteiger partial charge is 0.331 e. The van der Waals surface area contributed by atoms with Crippen LogP contribution < -0.4 is 10.6 Å². The van der Waals surface area contributed by atoms with E-state index in [9.17, 15) is 69.1 Å². The summed E-state index contributed by atoms with van der Waals surface area (Å²) in [4.78, 5) is 113. The van der Waals surface area contributed by atoms with E-state index in [1.54, 1.807) is 34.1 Å². The van der Waals surface area contributed by atoms with Gasteiger partial charge in [0.05, 0.1) is 51.3 Å². The third-order valence-electron chi connectivity index (χ3n) is 10.6. The minimum Gasteiger partial charge on any atom is -0.480 e. The minimum atomic E-state index is -3.75. The minimum absolute atomic E-state index is 0.000632. The summed E-state index contributed by atoms with van der Waals surface area (Å²) in [6.45, 7) is -3.00. The van der Waals surface area contributed by atoms with E-state index in [1.807, 2.05) is 0 Å². The summed E-state index contributed by atoms with van der Waals surface area (Å²) < 4.78 is 21.3. The monoisotopic (exact) mass is 1070 g/mol. The number of thiocarbonyl (C=S) groups is 1. The van der Waals surface area contributed by atoms with Crippen molar-refractivity contribution in [2.75, 3.05) is 123 Å². The highest BCUT2D eigenvalue weighted by Crippen LogP contribution is 2.37. The molecule has 1 aromatic carbocycles. The van der Waals surface area contributed by atoms with Crippen molar-refractivity contribution in [3.8, 4) is 0 Å². The van der Waals surface area contributed by atoms with Crippen LogP contribution in [0.2, 0.25) is 0 Å². The summed E-state index contributed by atoms with van der Waals surface area (Å²) in [5.41, 5.74) is 1.71. The summed E-state index contributed by atoms with van der Waals surface area (Å²) in [6, 6.07) is 6.17. The van der Waals surface area contributed by atoms with Crippen molar-refractivity contribution in [1.82, 2.24) is 44.3 Å². The summed E-state index contributed by atoms with van der Waals surface area (Å²) >= 11 is 5.45. The fourth-order valence-corrected chi connectivity index (χ4v) is 8.54. The second-order valence-corrected chi connectivity index (χ2v) is 18.2. The van der Waals surface area contributed by atoms with E-state index < -0.39 is 111 Å². The van der Waals surface area contributed by atoms with Crippen LogP contribution in [-0.4, -0.2) is 260 Å². The Morgan fingerprint density at radius 1 is 0.704 bits per heavy atom. The van der Waals surface area contributed by atoms with Crippen LogP contribution in [0.5, 0.6) is 0 Å². The molecule has 1 aliphatic heterocycles. The van der Waals surface area contributed by atoms with Gasteiger partial charge in [-0.05, 0) is 36.3 Å². The zero-order valence-electron chi connectivity index (χ0n) is 38.5. The number of imidazole rings is 1. The van der Waals surface area contributed by atoms with E-state index in [0.29, 0.717) is 23.4 Å². The van der Waals surface area contributed by atoms with Crippen molar-refractivity contribution >= 4 is 75.7 Å². The van der Waals surface area contributed by atoms with E-state index >= 15 is 0 Å². The molecule has 1 fully saturated rings. The molecule has 1 saturated heterocycles. The summed E-state index contributed by atoms with van der Waals surface area (Å²) in [6.07, 6.45) is 3.15. The molecule has 0 aliphatic carbocycles. The third kappa shape index (κ3) is 25.9. The largest absolute Gasteiger partial charge is 0.480 e. The molecule has 398 valence electrons. The van der Waals surface area contributed by atoms with Crippen LogP contribution in [0.15, 0.2) is 36.8 Å². The predicted octanol–water partition coefficient (Wildman–Crippen LogP) is -3.07. The van der Waals surface area contributed by atoms with Gasteiger partial charge in [0.25, 0.3) is 0 Å². The number of carboxylic acids is 6. The van der Waals surface area contributed by atoms with Gasteiger partial charge < -0.3 is 65.6 Å². The molecule has 0 amide bonds. The molecule has 1 aliphatic rings. The summed E-state index contributed by atoms with van der Waals surface area (Å²) in [7, 11) is -6.90. The molecule has 0 saturated carbocycles. The average Bonchev–Trinajstić information content (AvgIpc) is 3.68. The van der Waals surface area contributed by atoms with Crippen molar-refractivity contribution in [3.63, 3.8) is 0 Å². The Hall–Kier alpha value is -4.88. The number of carbonyl (C=O) groups is 6. The van der Waals surface area contributed by atoms with Crippen LogP contribution in [0.25, 0.3) is 0 Å². The van der Waals surface area contributed by atoms with Gasteiger partial charge in [-0.25, -0.2) is 4.98 Å². The molecule has 71 heavy (non-hydrogen) atoms.